The third-order valence-electron chi connectivity index (χ3n) is 3.63. The molecule has 0 radical (unpaired) electrons. The van der Waals surface area contributed by atoms with Crippen molar-refractivity contribution in [3.63, 3.8) is 0 Å². The van der Waals surface area contributed by atoms with Gasteiger partial charge in [0.2, 0.25) is 0 Å². The molecule has 1 fully saturated rings. The van der Waals surface area contributed by atoms with Crippen molar-refractivity contribution in [2.45, 2.75) is 38.8 Å². The Morgan fingerprint density at radius 2 is 2.33 bits per heavy atom. The van der Waals surface area contributed by atoms with Crippen LogP contribution in [-0.2, 0) is 6.54 Å². The Morgan fingerprint density at radius 3 is 2.94 bits per heavy atom. The predicted molar refractivity (Wildman–Crippen MR) is 65.5 cm³/mol. The van der Waals surface area contributed by atoms with Crippen molar-refractivity contribution in [3.8, 4) is 0 Å². The van der Waals surface area contributed by atoms with Crippen LogP contribution in [0.2, 0.25) is 0 Å². The minimum Gasteiger partial charge on any atom is -0.478 e. The number of carboxylic acid groups (broad SMARTS) is 1. The maximum absolute atomic E-state index is 10.9. The van der Waals surface area contributed by atoms with Gasteiger partial charge in [0.1, 0.15) is 17.1 Å². The van der Waals surface area contributed by atoms with Gasteiger partial charge in [-0.25, -0.2) is 4.79 Å². The number of carbonyl (C=O) groups is 1. The van der Waals surface area contributed by atoms with E-state index in [-0.39, 0.29) is 12.2 Å². The van der Waals surface area contributed by atoms with E-state index >= 15 is 0 Å². The second-order valence-corrected chi connectivity index (χ2v) is 4.85. The number of rotatable bonds is 5. The summed E-state index contributed by atoms with van der Waals surface area (Å²) in [5.74, 6) is 0.412. The predicted octanol–water partition coefficient (Wildman–Crippen LogP) is 1.54. The number of aromatic carboxylic acids is 1. The SMILES string of the molecule is Cc1oc(CNC2CCCC2CO)cc1C(=O)O. The van der Waals surface area contributed by atoms with Gasteiger partial charge in [0, 0.05) is 12.6 Å². The maximum Gasteiger partial charge on any atom is 0.339 e. The lowest BCUT2D eigenvalue weighted by molar-refractivity contribution is 0.0695. The second-order valence-electron chi connectivity index (χ2n) is 4.85. The molecule has 0 aliphatic heterocycles. The van der Waals surface area contributed by atoms with Crippen LogP contribution in [0.4, 0.5) is 0 Å². The molecule has 2 atom stereocenters. The molecule has 1 aromatic heterocycles. The molecule has 2 unspecified atom stereocenters. The van der Waals surface area contributed by atoms with E-state index in [4.69, 9.17) is 9.52 Å². The number of nitrogens with one attached hydrogen (secondary N) is 1. The molecule has 1 aliphatic rings. The van der Waals surface area contributed by atoms with Gasteiger partial charge in [-0.15, -0.1) is 0 Å². The van der Waals surface area contributed by atoms with E-state index in [1.54, 1.807) is 13.0 Å². The number of hydrogen-bond donors (Lipinski definition) is 3. The molecule has 0 saturated heterocycles. The van der Waals surface area contributed by atoms with E-state index in [1.165, 1.54) is 0 Å². The summed E-state index contributed by atoms with van der Waals surface area (Å²) in [7, 11) is 0. The topological polar surface area (TPSA) is 82.7 Å². The summed E-state index contributed by atoms with van der Waals surface area (Å²) in [5, 5.41) is 21.5. The average molecular weight is 253 g/mol. The molecule has 5 nitrogen and oxygen atoms in total. The number of aryl methyl sites for hydroxylation is 1. The standard InChI is InChI=1S/C13H19NO4/c1-8-11(13(16)17)5-10(18-8)6-14-12-4-2-3-9(12)7-15/h5,9,12,14-15H,2-4,6-7H2,1H3,(H,16,17). The van der Waals surface area contributed by atoms with Crippen molar-refractivity contribution in [2.75, 3.05) is 6.61 Å². The van der Waals surface area contributed by atoms with Gasteiger partial charge in [0.15, 0.2) is 0 Å². The van der Waals surface area contributed by atoms with Crippen LogP contribution in [0.15, 0.2) is 10.5 Å². The Labute approximate surface area is 106 Å². The second kappa shape index (κ2) is 5.54. The lowest BCUT2D eigenvalue weighted by Crippen LogP contribution is -2.33. The molecule has 1 aliphatic carbocycles. The van der Waals surface area contributed by atoms with E-state index in [9.17, 15) is 9.90 Å². The minimum atomic E-state index is -0.961. The van der Waals surface area contributed by atoms with Crippen molar-refractivity contribution < 1.29 is 19.4 Å². The fraction of sp³-hybridized carbons (Fsp3) is 0.615. The lowest BCUT2D eigenvalue weighted by Gasteiger charge is -2.18. The number of aliphatic hydroxyl groups excluding tert-OH is 1. The highest BCUT2D eigenvalue weighted by atomic mass is 16.4. The molecule has 0 amide bonds. The van der Waals surface area contributed by atoms with E-state index in [2.05, 4.69) is 5.32 Å². The molecule has 0 bridgehead atoms. The van der Waals surface area contributed by atoms with E-state index in [0.29, 0.717) is 30.0 Å². The Kier molecular flexibility index (Phi) is 4.04. The monoisotopic (exact) mass is 253 g/mol. The number of furan rings is 1. The van der Waals surface area contributed by atoms with Crippen LogP contribution in [-0.4, -0.2) is 28.8 Å². The number of hydrogen-bond acceptors (Lipinski definition) is 4. The molecular weight excluding hydrogens is 234 g/mol. The third-order valence-corrected chi connectivity index (χ3v) is 3.63. The summed E-state index contributed by atoms with van der Waals surface area (Å²) in [6, 6.07) is 1.86. The van der Waals surface area contributed by atoms with Gasteiger partial charge in [-0.2, -0.15) is 0 Å². The van der Waals surface area contributed by atoms with Crippen molar-refractivity contribution >= 4 is 5.97 Å². The highest BCUT2D eigenvalue weighted by molar-refractivity contribution is 5.88. The van der Waals surface area contributed by atoms with Crippen LogP contribution < -0.4 is 5.32 Å². The Hall–Kier alpha value is -1.33. The summed E-state index contributed by atoms with van der Waals surface area (Å²) in [4.78, 5) is 10.9. The largest absolute Gasteiger partial charge is 0.478 e. The number of carboxylic acids is 1. The first-order chi connectivity index (χ1) is 8.61. The first kappa shape index (κ1) is 13.1. The molecule has 0 spiro atoms. The van der Waals surface area contributed by atoms with Crippen LogP contribution in [0.25, 0.3) is 0 Å². The zero-order valence-electron chi connectivity index (χ0n) is 10.5. The molecule has 1 aromatic rings. The van der Waals surface area contributed by atoms with Crippen molar-refractivity contribution in [1.29, 1.82) is 0 Å². The van der Waals surface area contributed by atoms with E-state index in [1.807, 2.05) is 0 Å². The van der Waals surface area contributed by atoms with Crippen LogP contribution >= 0.6 is 0 Å². The van der Waals surface area contributed by atoms with E-state index < -0.39 is 5.97 Å². The van der Waals surface area contributed by atoms with Gasteiger partial charge in [-0.1, -0.05) is 6.42 Å². The smallest absolute Gasteiger partial charge is 0.339 e. The molecule has 1 heterocycles. The number of aliphatic hydroxyl groups is 1. The summed E-state index contributed by atoms with van der Waals surface area (Å²) in [5.41, 5.74) is 0.219. The molecule has 2 rings (SSSR count). The molecule has 0 aromatic carbocycles. The average Bonchev–Trinajstić information content (AvgIpc) is 2.92. The van der Waals surface area contributed by atoms with Crippen LogP contribution in [0.5, 0.6) is 0 Å². The van der Waals surface area contributed by atoms with Crippen LogP contribution in [0, 0.1) is 12.8 Å². The fourth-order valence-corrected chi connectivity index (χ4v) is 2.60. The van der Waals surface area contributed by atoms with E-state index in [0.717, 1.165) is 19.3 Å². The summed E-state index contributed by atoms with van der Waals surface area (Å²) >= 11 is 0. The van der Waals surface area contributed by atoms with Crippen molar-refractivity contribution in [2.24, 2.45) is 5.92 Å². The van der Waals surface area contributed by atoms with Crippen LogP contribution in [0.1, 0.15) is 41.1 Å². The van der Waals surface area contributed by atoms with Gasteiger partial charge in [0.25, 0.3) is 0 Å². The molecule has 3 N–H and O–H groups in total. The van der Waals surface area contributed by atoms with Gasteiger partial charge < -0.3 is 19.9 Å². The van der Waals surface area contributed by atoms with Gasteiger partial charge in [-0.3, -0.25) is 0 Å². The zero-order chi connectivity index (χ0) is 13.1. The third kappa shape index (κ3) is 2.73. The highest BCUT2D eigenvalue weighted by Gasteiger charge is 2.26. The Morgan fingerprint density at radius 1 is 1.56 bits per heavy atom. The normalized spacial score (nSPS) is 23.4. The summed E-state index contributed by atoms with van der Waals surface area (Å²) in [6.07, 6.45) is 3.23. The minimum absolute atomic E-state index is 0.204. The van der Waals surface area contributed by atoms with Gasteiger partial charge in [0.05, 0.1) is 6.54 Å². The highest BCUT2D eigenvalue weighted by Crippen LogP contribution is 2.25. The summed E-state index contributed by atoms with van der Waals surface area (Å²) < 4.78 is 5.40. The van der Waals surface area contributed by atoms with Gasteiger partial charge >= 0.3 is 5.97 Å². The Balaban J connectivity index is 1.94. The zero-order valence-corrected chi connectivity index (χ0v) is 10.5. The maximum atomic E-state index is 10.9. The molecule has 18 heavy (non-hydrogen) atoms. The first-order valence-electron chi connectivity index (χ1n) is 6.28. The van der Waals surface area contributed by atoms with Crippen molar-refractivity contribution in [3.05, 3.63) is 23.2 Å². The Bertz CT molecular complexity index is 427. The summed E-state index contributed by atoms with van der Waals surface area (Å²) in [6.45, 7) is 2.36. The molecule has 100 valence electrons. The van der Waals surface area contributed by atoms with Crippen LogP contribution in [0.3, 0.4) is 0 Å². The fourth-order valence-electron chi connectivity index (χ4n) is 2.60. The first-order valence-corrected chi connectivity index (χ1v) is 6.28. The quantitative estimate of drug-likeness (QED) is 0.741. The molecular formula is C13H19NO4. The molecule has 5 heteroatoms. The van der Waals surface area contributed by atoms with Gasteiger partial charge in [-0.05, 0) is 31.7 Å². The molecule has 1 saturated carbocycles. The van der Waals surface area contributed by atoms with Crippen molar-refractivity contribution in [1.82, 2.24) is 5.32 Å². The lowest BCUT2D eigenvalue weighted by atomic mass is 10.1.